The van der Waals surface area contributed by atoms with Gasteiger partial charge in [-0.15, -0.1) is 0 Å². The predicted octanol–water partition coefficient (Wildman–Crippen LogP) is 5.25. The Morgan fingerprint density at radius 1 is 1.00 bits per heavy atom. The third-order valence-corrected chi connectivity index (χ3v) is 6.74. The summed E-state index contributed by atoms with van der Waals surface area (Å²) in [6.07, 6.45) is 4.89. The van der Waals surface area contributed by atoms with Gasteiger partial charge in [0.25, 0.3) is 0 Å². The van der Waals surface area contributed by atoms with Gasteiger partial charge in [-0.25, -0.2) is 8.78 Å². The average molecular weight is 445 g/mol. The van der Waals surface area contributed by atoms with Crippen molar-refractivity contribution in [2.24, 2.45) is 5.73 Å². The summed E-state index contributed by atoms with van der Waals surface area (Å²) in [5.41, 5.74) is 10.4. The second kappa shape index (κ2) is 9.98. The molecule has 5 heteroatoms. The first-order valence-corrected chi connectivity index (χ1v) is 11.7. The van der Waals surface area contributed by atoms with Crippen molar-refractivity contribution >= 4 is 0 Å². The minimum atomic E-state index is -0.827. The van der Waals surface area contributed by atoms with Crippen molar-refractivity contribution in [1.82, 2.24) is 5.32 Å². The van der Waals surface area contributed by atoms with E-state index in [0.29, 0.717) is 12.1 Å². The van der Waals surface area contributed by atoms with Crippen molar-refractivity contribution in [1.29, 1.82) is 0 Å². The zero-order valence-electron chi connectivity index (χ0n) is 19.8. The van der Waals surface area contributed by atoms with Crippen LogP contribution >= 0.6 is 0 Å². The zero-order valence-corrected chi connectivity index (χ0v) is 19.8. The summed E-state index contributed by atoms with van der Waals surface area (Å²) in [5.74, 6) is -1.26. The van der Waals surface area contributed by atoms with E-state index >= 15 is 0 Å². The molecule has 0 bridgehead atoms. The van der Waals surface area contributed by atoms with Crippen LogP contribution in [-0.4, -0.2) is 23.8 Å². The van der Waals surface area contributed by atoms with Crippen molar-refractivity contribution in [3.05, 3.63) is 70.3 Å². The summed E-state index contributed by atoms with van der Waals surface area (Å²) in [6.45, 7) is 9.15. The molecule has 0 aromatic heterocycles. The van der Waals surface area contributed by atoms with Crippen molar-refractivity contribution in [2.45, 2.75) is 89.3 Å². The van der Waals surface area contributed by atoms with E-state index in [1.165, 1.54) is 35.2 Å². The minimum absolute atomic E-state index is 0.0543. The molecular formula is C27H38F2N2O. The molecule has 0 spiro atoms. The van der Waals surface area contributed by atoms with Crippen molar-refractivity contribution in [3.8, 4) is 0 Å². The van der Waals surface area contributed by atoms with E-state index in [1.54, 1.807) is 0 Å². The second-order valence-corrected chi connectivity index (χ2v) is 10.6. The molecule has 0 heterocycles. The van der Waals surface area contributed by atoms with Gasteiger partial charge in [0.1, 0.15) is 11.6 Å². The van der Waals surface area contributed by atoms with E-state index in [2.05, 4.69) is 51.2 Å². The molecule has 1 aliphatic carbocycles. The van der Waals surface area contributed by atoms with Crippen LogP contribution in [0.2, 0.25) is 0 Å². The van der Waals surface area contributed by atoms with Crippen LogP contribution in [0.1, 0.15) is 75.1 Å². The summed E-state index contributed by atoms with van der Waals surface area (Å²) in [5, 5.41) is 14.4. The van der Waals surface area contributed by atoms with Gasteiger partial charge in [0.05, 0.1) is 6.10 Å². The SMILES string of the molecule is Cc1cc(C(C)(C)C)cc(C2(NCC(O)C(N)Cc3cc(F)cc(F)c3)CCCCC2)c1. The van der Waals surface area contributed by atoms with E-state index in [9.17, 15) is 13.9 Å². The molecule has 1 fully saturated rings. The number of rotatable bonds is 7. The van der Waals surface area contributed by atoms with E-state index in [-0.39, 0.29) is 17.4 Å². The van der Waals surface area contributed by atoms with Crippen molar-refractivity contribution in [2.75, 3.05) is 6.54 Å². The molecule has 0 amide bonds. The summed E-state index contributed by atoms with van der Waals surface area (Å²) in [7, 11) is 0. The van der Waals surface area contributed by atoms with Gasteiger partial charge in [-0.3, -0.25) is 0 Å². The van der Waals surface area contributed by atoms with Gasteiger partial charge in [0.15, 0.2) is 0 Å². The third kappa shape index (κ3) is 6.15. The molecule has 0 saturated heterocycles. The standard InChI is InChI=1S/C27H38F2N2O/c1-18-10-20(26(2,3)4)15-21(11-18)27(8-6-5-7-9-27)31-17-25(32)24(30)14-19-12-22(28)16-23(29)13-19/h10-13,15-16,24-25,31-32H,5-9,14,17,30H2,1-4H3. The Kier molecular flexibility index (Phi) is 7.74. The first-order valence-electron chi connectivity index (χ1n) is 11.7. The molecule has 2 unspecified atom stereocenters. The van der Waals surface area contributed by atoms with Crippen LogP contribution in [0, 0.1) is 18.6 Å². The van der Waals surface area contributed by atoms with E-state index in [4.69, 9.17) is 5.73 Å². The topological polar surface area (TPSA) is 58.3 Å². The van der Waals surface area contributed by atoms with Crippen LogP contribution < -0.4 is 11.1 Å². The van der Waals surface area contributed by atoms with E-state index in [1.807, 2.05) is 0 Å². The second-order valence-electron chi connectivity index (χ2n) is 10.6. The molecule has 1 aliphatic rings. The van der Waals surface area contributed by atoms with Gasteiger partial charge in [0.2, 0.25) is 0 Å². The summed E-state index contributed by atoms with van der Waals surface area (Å²) >= 11 is 0. The molecule has 3 nitrogen and oxygen atoms in total. The number of aliphatic hydroxyl groups is 1. The summed E-state index contributed by atoms with van der Waals surface area (Å²) < 4.78 is 27.0. The maximum Gasteiger partial charge on any atom is 0.126 e. The Labute approximate surface area is 191 Å². The first-order chi connectivity index (χ1) is 15.0. The van der Waals surface area contributed by atoms with Crippen molar-refractivity contribution < 1.29 is 13.9 Å². The maximum atomic E-state index is 13.5. The van der Waals surface area contributed by atoms with E-state index in [0.717, 1.165) is 31.7 Å². The number of nitrogens with one attached hydrogen (secondary N) is 1. The van der Waals surface area contributed by atoms with Gasteiger partial charge in [-0.1, -0.05) is 63.8 Å². The average Bonchev–Trinajstić information content (AvgIpc) is 2.70. The monoisotopic (exact) mass is 444 g/mol. The fourth-order valence-electron chi connectivity index (χ4n) is 4.80. The Hall–Kier alpha value is -1.82. The maximum absolute atomic E-state index is 13.5. The summed E-state index contributed by atoms with van der Waals surface area (Å²) in [4.78, 5) is 0. The molecule has 2 aromatic rings. The van der Waals surface area contributed by atoms with Gasteiger partial charge in [0, 0.05) is 24.2 Å². The molecule has 4 N–H and O–H groups in total. The van der Waals surface area contributed by atoms with Gasteiger partial charge in [-0.05, 0) is 60.4 Å². The highest BCUT2D eigenvalue weighted by Crippen LogP contribution is 2.39. The number of hydrogen-bond donors (Lipinski definition) is 3. The third-order valence-electron chi connectivity index (χ3n) is 6.74. The quantitative estimate of drug-likeness (QED) is 0.547. The Bertz CT molecular complexity index is 896. The Balaban J connectivity index is 1.77. The lowest BCUT2D eigenvalue weighted by atomic mass is 9.74. The van der Waals surface area contributed by atoms with Crippen LogP contribution in [0.15, 0.2) is 36.4 Å². The zero-order chi connectivity index (χ0) is 23.5. The lowest BCUT2D eigenvalue weighted by molar-refractivity contribution is 0.116. The molecule has 176 valence electrons. The number of hydrogen-bond acceptors (Lipinski definition) is 3. The highest BCUT2D eigenvalue weighted by Gasteiger charge is 2.35. The fraction of sp³-hybridized carbons (Fsp3) is 0.556. The first kappa shape index (κ1) is 24.8. The van der Waals surface area contributed by atoms with Crippen LogP contribution in [0.25, 0.3) is 0 Å². The van der Waals surface area contributed by atoms with Gasteiger partial charge >= 0.3 is 0 Å². The predicted molar refractivity (Wildman–Crippen MR) is 127 cm³/mol. The number of nitrogens with two attached hydrogens (primary N) is 1. The molecule has 2 aromatic carbocycles. The lowest BCUT2D eigenvalue weighted by Gasteiger charge is -2.41. The highest BCUT2D eigenvalue weighted by atomic mass is 19.1. The molecule has 2 atom stereocenters. The van der Waals surface area contributed by atoms with Gasteiger partial charge in [-0.2, -0.15) is 0 Å². The molecule has 32 heavy (non-hydrogen) atoms. The Morgan fingerprint density at radius 3 is 2.22 bits per heavy atom. The number of benzene rings is 2. The largest absolute Gasteiger partial charge is 0.390 e. The lowest BCUT2D eigenvalue weighted by Crippen LogP contribution is -2.51. The Morgan fingerprint density at radius 2 is 1.62 bits per heavy atom. The smallest absolute Gasteiger partial charge is 0.126 e. The van der Waals surface area contributed by atoms with Crippen LogP contribution in [0.3, 0.4) is 0 Å². The number of aryl methyl sites for hydroxylation is 1. The normalized spacial score (nSPS) is 18.4. The molecule has 0 aliphatic heterocycles. The number of aliphatic hydroxyl groups excluding tert-OH is 1. The molecule has 1 saturated carbocycles. The molecular weight excluding hydrogens is 406 g/mol. The van der Waals surface area contributed by atoms with Gasteiger partial charge < -0.3 is 16.2 Å². The van der Waals surface area contributed by atoms with Crippen LogP contribution in [0.4, 0.5) is 8.78 Å². The number of halogens is 2. The van der Waals surface area contributed by atoms with Crippen LogP contribution in [0.5, 0.6) is 0 Å². The van der Waals surface area contributed by atoms with Crippen LogP contribution in [-0.2, 0) is 17.4 Å². The van der Waals surface area contributed by atoms with Crippen molar-refractivity contribution in [3.63, 3.8) is 0 Å². The molecule has 3 rings (SSSR count). The highest BCUT2D eigenvalue weighted by molar-refractivity contribution is 5.37. The molecule has 0 radical (unpaired) electrons. The minimum Gasteiger partial charge on any atom is -0.390 e. The van der Waals surface area contributed by atoms with E-state index < -0.39 is 23.8 Å². The fourth-order valence-corrected chi connectivity index (χ4v) is 4.80. The summed E-state index contributed by atoms with van der Waals surface area (Å²) in [6, 6.07) is 9.59.